The van der Waals surface area contributed by atoms with Crippen LogP contribution in [-0.4, -0.2) is 17.8 Å². The summed E-state index contributed by atoms with van der Waals surface area (Å²) in [5.41, 5.74) is 0.780. The molecule has 0 atom stereocenters. The number of aryl methyl sites for hydroxylation is 1. The van der Waals surface area contributed by atoms with Crippen LogP contribution < -0.4 is 4.74 Å². The van der Waals surface area contributed by atoms with Gasteiger partial charge in [0.25, 0.3) is 0 Å². The third-order valence-corrected chi connectivity index (χ3v) is 1.63. The molecule has 0 saturated carbocycles. The Kier molecular flexibility index (Phi) is 3.33. The van der Waals surface area contributed by atoms with E-state index in [2.05, 4.69) is 4.98 Å². The molecule has 14 heavy (non-hydrogen) atoms. The van der Waals surface area contributed by atoms with Gasteiger partial charge in [0, 0.05) is 6.20 Å². The molecule has 0 bridgehead atoms. The first-order valence-corrected chi connectivity index (χ1v) is 4.09. The van der Waals surface area contributed by atoms with Crippen LogP contribution >= 0.6 is 0 Å². The number of ether oxygens (including phenoxy) is 1. The van der Waals surface area contributed by atoms with E-state index in [9.17, 15) is 13.2 Å². The van der Waals surface area contributed by atoms with Crippen LogP contribution in [0.3, 0.4) is 0 Å². The number of alkyl halides is 3. The van der Waals surface area contributed by atoms with Crippen molar-refractivity contribution in [3.05, 3.63) is 24.0 Å². The summed E-state index contributed by atoms with van der Waals surface area (Å²) < 4.78 is 40.2. The smallest absolute Gasteiger partial charge is 0.392 e. The van der Waals surface area contributed by atoms with Crippen LogP contribution in [0.25, 0.3) is 0 Å². The lowest BCUT2D eigenvalue weighted by Crippen LogP contribution is -2.13. The Morgan fingerprint density at radius 3 is 2.71 bits per heavy atom. The Morgan fingerprint density at radius 1 is 1.43 bits per heavy atom. The molecule has 0 N–H and O–H groups in total. The molecular weight excluding hydrogens is 195 g/mol. The molecule has 0 amide bonds. The number of hydrogen-bond acceptors (Lipinski definition) is 2. The Morgan fingerprint density at radius 2 is 2.14 bits per heavy atom. The van der Waals surface area contributed by atoms with Crippen molar-refractivity contribution in [2.45, 2.75) is 19.5 Å². The fourth-order valence-electron chi connectivity index (χ4n) is 0.877. The van der Waals surface area contributed by atoms with E-state index in [1.54, 1.807) is 19.2 Å². The summed E-state index contributed by atoms with van der Waals surface area (Å²) in [7, 11) is 0. The number of aromatic nitrogens is 1. The van der Waals surface area contributed by atoms with Gasteiger partial charge in [-0.2, -0.15) is 13.2 Å². The van der Waals surface area contributed by atoms with Crippen LogP contribution in [0.2, 0.25) is 0 Å². The van der Waals surface area contributed by atoms with Crippen molar-refractivity contribution < 1.29 is 17.9 Å². The molecule has 1 heterocycles. The van der Waals surface area contributed by atoms with Crippen LogP contribution in [-0.2, 0) is 0 Å². The van der Waals surface area contributed by atoms with Crippen molar-refractivity contribution in [2.75, 3.05) is 6.61 Å². The highest BCUT2D eigenvalue weighted by Crippen LogP contribution is 2.21. The van der Waals surface area contributed by atoms with E-state index < -0.39 is 12.6 Å². The Labute approximate surface area is 79.7 Å². The van der Waals surface area contributed by atoms with E-state index >= 15 is 0 Å². The Bertz CT molecular complexity index is 298. The predicted molar refractivity (Wildman–Crippen MR) is 45.1 cm³/mol. The zero-order valence-corrected chi connectivity index (χ0v) is 7.64. The highest BCUT2D eigenvalue weighted by Gasteiger charge is 2.26. The van der Waals surface area contributed by atoms with Gasteiger partial charge in [0.1, 0.15) is 5.75 Å². The van der Waals surface area contributed by atoms with Crippen LogP contribution in [0, 0.1) is 6.92 Å². The summed E-state index contributed by atoms with van der Waals surface area (Å²) >= 11 is 0. The quantitative estimate of drug-likeness (QED) is 0.756. The van der Waals surface area contributed by atoms with E-state index in [0.29, 0.717) is 5.75 Å². The van der Waals surface area contributed by atoms with Gasteiger partial charge in [-0.15, -0.1) is 0 Å². The number of nitrogens with zero attached hydrogens (tertiary/aromatic N) is 1. The second kappa shape index (κ2) is 4.30. The maximum absolute atomic E-state index is 11.8. The highest BCUT2D eigenvalue weighted by molar-refractivity contribution is 5.27. The molecule has 5 heteroatoms. The van der Waals surface area contributed by atoms with E-state index in [1.165, 1.54) is 6.20 Å². The Balaban J connectivity index is 2.43. The van der Waals surface area contributed by atoms with E-state index in [-0.39, 0.29) is 6.61 Å². The van der Waals surface area contributed by atoms with Crippen LogP contribution in [0.1, 0.15) is 12.0 Å². The summed E-state index contributed by atoms with van der Waals surface area (Å²) in [6, 6.07) is 1.68. The SMILES string of the molecule is Cc1ccncc1OCCC(F)(F)F. The minimum absolute atomic E-state index is 0.365. The largest absolute Gasteiger partial charge is 0.491 e. The Hall–Kier alpha value is -1.26. The van der Waals surface area contributed by atoms with E-state index in [0.717, 1.165) is 5.56 Å². The molecule has 0 aliphatic rings. The summed E-state index contributed by atoms with van der Waals surface area (Å²) in [6.45, 7) is 1.39. The molecule has 0 unspecified atom stereocenters. The fourth-order valence-corrected chi connectivity index (χ4v) is 0.877. The maximum atomic E-state index is 11.8. The van der Waals surface area contributed by atoms with Crippen molar-refractivity contribution in [1.82, 2.24) is 4.98 Å². The molecule has 1 aromatic rings. The minimum atomic E-state index is -4.17. The van der Waals surface area contributed by atoms with Gasteiger partial charge in [0.2, 0.25) is 0 Å². The van der Waals surface area contributed by atoms with Crippen molar-refractivity contribution in [1.29, 1.82) is 0 Å². The summed E-state index contributed by atoms with van der Waals surface area (Å²) in [6.07, 6.45) is -2.14. The molecule has 0 aliphatic heterocycles. The fraction of sp³-hybridized carbons (Fsp3) is 0.444. The molecule has 1 rings (SSSR count). The molecule has 0 saturated heterocycles. The molecule has 0 aliphatic carbocycles. The van der Waals surface area contributed by atoms with Crippen LogP contribution in [0.4, 0.5) is 13.2 Å². The summed E-state index contributed by atoms with van der Waals surface area (Å²) in [4.78, 5) is 3.75. The lowest BCUT2D eigenvalue weighted by atomic mass is 10.3. The third kappa shape index (κ3) is 3.64. The lowest BCUT2D eigenvalue weighted by Gasteiger charge is -2.09. The topological polar surface area (TPSA) is 22.1 Å². The van der Waals surface area contributed by atoms with Crippen molar-refractivity contribution >= 4 is 0 Å². The minimum Gasteiger partial charge on any atom is -0.491 e. The molecule has 2 nitrogen and oxygen atoms in total. The van der Waals surface area contributed by atoms with Gasteiger partial charge in [0.15, 0.2) is 0 Å². The summed E-state index contributed by atoms with van der Waals surface area (Å²) in [5, 5.41) is 0. The zero-order chi connectivity index (χ0) is 10.6. The average molecular weight is 205 g/mol. The molecule has 1 aromatic heterocycles. The second-order valence-corrected chi connectivity index (χ2v) is 2.85. The number of pyridine rings is 1. The molecule has 78 valence electrons. The first-order valence-electron chi connectivity index (χ1n) is 4.09. The molecule has 0 spiro atoms. The maximum Gasteiger partial charge on any atom is 0.392 e. The van der Waals surface area contributed by atoms with Gasteiger partial charge >= 0.3 is 6.18 Å². The first-order chi connectivity index (χ1) is 6.49. The molecule has 0 radical (unpaired) electrons. The van der Waals surface area contributed by atoms with Crippen LogP contribution in [0.15, 0.2) is 18.5 Å². The second-order valence-electron chi connectivity index (χ2n) is 2.85. The van der Waals surface area contributed by atoms with Crippen LogP contribution in [0.5, 0.6) is 5.75 Å². The highest BCUT2D eigenvalue weighted by atomic mass is 19.4. The normalized spacial score (nSPS) is 11.4. The first kappa shape index (κ1) is 10.8. The number of halogens is 3. The van der Waals surface area contributed by atoms with Crippen molar-refractivity contribution in [3.8, 4) is 5.75 Å². The van der Waals surface area contributed by atoms with Gasteiger partial charge < -0.3 is 4.74 Å². The molecule has 0 fully saturated rings. The van der Waals surface area contributed by atoms with Crippen molar-refractivity contribution in [3.63, 3.8) is 0 Å². The van der Waals surface area contributed by atoms with Crippen molar-refractivity contribution in [2.24, 2.45) is 0 Å². The van der Waals surface area contributed by atoms with Gasteiger partial charge in [-0.25, -0.2) is 0 Å². The zero-order valence-electron chi connectivity index (χ0n) is 7.64. The number of hydrogen-bond donors (Lipinski definition) is 0. The van der Waals surface area contributed by atoms with E-state index in [4.69, 9.17) is 4.74 Å². The van der Waals surface area contributed by atoms with Gasteiger partial charge in [0.05, 0.1) is 19.2 Å². The summed E-state index contributed by atoms with van der Waals surface area (Å²) in [5.74, 6) is 0.400. The average Bonchev–Trinajstić information content (AvgIpc) is 2.06. The molecular formula is C9H10F3NO. The van der Waals surface area contributed by atoms with Gasteiger partial charge in [-0.1, -0.05) is 0 Å². The standard InChI is InChI=1S/C9H10F3NO/c1-7-2-4-13-6-8(7)14-5-3-9(10,11)12/h2,4,6H,3,5H2,1H3. The monoisotopic (exact) mass is 205 g/mol. The lowest BCUT2D eigenvalue weighted by molar-refractivity contribution is -0.139. The van der Waals surface area contributed by atoms with Gasteiger partial charge in [-0.05, 0) is 18.6 Å². The van der Waals surface area contributed by atoms with Gasteiger partial charge in [-0.3, -0.25) is 4.98 Å². The predicted octanol–water partition coefficient (Wildman–Crippen LogP) is 2.72. The third-order valence-electron chi connectivity index (χ3n) is 1.63. The number of rotatable bonds is 3. The molecule has 0 aromatic carbocycles. The van der Waals surface area contributed by atoms with E-state index in [1.807, 2.05) is 0 Å².